The maximum atomic E-state index is 10.8. The number of carboxylic acids is 2. The molecule has 1 heterocycles. The van der Waals surface area contributed by atoms with Crippen LogP contribution in [0, 0.1) is 6.92 Å². The van der Waals surface area contributed by atoms with Gasteiger partial charge in [-0.05, 0) is 47.9 Å². The van der Waals surface area contributed by atoms with Crippen molar-refractivity contribution < 1.29 is 19.8 Å². The van der Waals surface area contributed by atoms with Crippen molar-refractivity contribution in [1.82, 2.24) is 9.97 Å². The second-order valence-corrected chi connectivity index (χ2v) is 7.50. The van der Waals surface area contributed by atoms with Crippen LogP contribution in [-0.4, -0.2) is 32.1 Å². The molecule has 6 heteroatoms. The summed E-state index contributed by atoms with van der Waals surface area (Å²) < 4.78 is 0. The van der Waals surface area contributed by atoms with Crippen LogP contribution in [0.1, 0.15) is 16.7 Å². The summed E-state index contributed by atoms with van der Waals surface area (Å²) in [5.41, 5.74) is 7.28. The number of fused-ring (bicyclic) bond motifs is 1. The van der Waals surface area contributed by atoms with Gasteiger partial charge in [0.2, 0.25) is 0 Å². The highest BCUT2D eigenvalue weighted by Gasteiger charge is 2.13. The lowest BCUT2D eigenvalue weighted by molar-refractivity contribution is -0.132. The van der Waals surface area contributed by atoms with Gasteiger partial charge < -0.3 is 10.2 Å². The van der Waals surface area contributed by atoms with E-state index in [4.69, 9.17) is 20.2 Å². The van der Waals surface area contributed by atoms with E-state index in [1.807, 2.05) is 73.7 Å². The Morgan fingerprint density at radius 3 is 1.58 bits per heavy atom. The molecule has 4 rings (SSSR count). The van der Waals surface area contributed by atoms with Gasteiger partial charge in [-0.2, -0.15) is 0 Å². The van der Waals surface area contributed by atoms with Gasteiger partial charge >= 0.3 is 11.9 Å². The van der Waals surface area contributed by atoms with E-state index in [-0.39, 0.29) is 0 Å². The molecule has 0 unspecified atom stereocenters. The van der Waals surface area contributed by atoms with E-state index >= 15 is 0 Å². The minimum absolute atomic E-state index is 0.703. The van der Waals surface area contributed by atoms with Crippen molar-refractivity contribution in [2.45, 2.75) is 6.92 Å². The average Bonchev–Trinajstić information content (AvgIpc) is 2.81. The van der Waals surface area contributed by atoms with E-state index in [0.717, 1.165) is 51.0 Å². The Kier molecular flexibility index (Phi) is 6.09. The van der Waals surface area contributed by atoms with Gasteiger partial charge in [0, 0.05) is 23.3 Å². The second-order valence-electron chi connectivity index (χ2n) is 7.50. The number of benzene rings is 3. The van der Waals surface area contributed by atoms with Crippen LogP contribution in [-0.2, 0) is 9.59 Å². The van der Waals surface area contributed by atoms with Gasteiger partial charge in [0.25, 0.3) is 0 Å². The number of hydrogen-bond donors (Lipinski definition) is 2. The molecule has 0 amide bonds. The molecule has 33 heavy (non-hydrogen) atoms. The van der Waals surface area contributed by atoms with Crippen molar-refractivity contribution in [1.29, 1.82) is 0 Å². The number of hydrogen-bond acceptors (Lipinski definition) is 4. The third-order valence-corrected chi connectivity index (χ3v) is 5.02. The van der Waals surface area contributed by atoms with Crippen molar-refractivity contribution in [2.24, 2.45) is 0 Å². The average molecular weight is 436 g/mol. The summed E-state index contributed by atoms with van der Waals surface area (Å²) >= 11 is 0. The summed E-state index contributed by atoms with van der Waals surface area (Å²) in [7, 11) is 0. The molecule has 4 aromatic rings. The first kappa shape index (κ1) is 21.6. The number of nitrogens with zero attached hydrogens (tertiary/aromatic N) is 2. The van der Waals surface area contributed by atoms with E-state index in [0.29, 0.717) is 11.4 Å². The molecule has 0 aliphatic heterocycles. The monoisotopic (exact) mass is 436 g/mol. The number of carbonyl (C=O) groups is 2. The van der Waals surface area contributed by atoms with Crippen molar-refractivity contribution >= 4 is 35.1 Å². The summed E-state index contributed by atoms with van der Waals surface area (Å²) in [5, 5.41) is 17.7. The molecule has 6 nitrogen and oxygen atoms in total. The van der Waals surface area contributed by atoms with Gasteiger partial charge in [-0.1, -0.05) is 54.6 Å². The van der Waals surface area contributed by atoms with E-state index in [9.17, 15) is 9.59 Å². The first-order valence-electron chi connectivity index (χ1n) is 10.2. The van der Waals surface area contributed by atoms with Gasteiger partial charge in [-0.25, -0.2) is 19.6 Å². The lowest BCUT2D eigenvalue weighted by Gasteiger charge is -2.11. The lowest BCUT2D eigenvalue weighted by Crippen LogP contribution is -1.96. The molecule has 0 saturated heterocycles. The topological polar surface area (TPSA) is 100 Å². The summed E-state index contributed by atoms with van der Waals surface area (Å²) in [6.07, 6.45) is 5.26. The number of aryl methyl sites for hydroxylation is 1. The number of aromatic nitrogens is 2. The minimum atomic E-state index is -1.00. The smallest absolute Gasteiger partial charge is 0.328 e. The van der Waals surface area contributed by atoms with E-state index < -0.39 is 11.9 Å². The SMILES string of the molecule is Cc1ccc2nc(-c3ccc(C=CC(=O)O)cc3)c(-c3ccc(C=CC(=O)O)cc3)nc2c1. The van der Waals surface area contributed by atoms with E-state index in [1.165, 1.54) is 12.2 Å². The lowest BCUT2D eigenvalue weighted by atomic mass is 10.0. The third-order valence-electron chi connectivity index (χ3n) is 5.02. The van der Waals surface area contributed by atoms with E-state index in [1.54, 1.807) is 0 Å². The Hall–Kier alpha value is -4.58. The van der Waals surface area contributed by atoms with Gasteiger partial charge in [-0.3, -0.25) is 0 Å². The molecule has 2 N–H and O–H groups in total. The van der Waals surface area contributed by atoms with Gasteiger partial charge in [0.05, 0.1) is 22.4 Å². The van der Waals surface area contributed by atoms with Crippen LogP contribution >= 0.6 is 0 Å². The molecule has 0 bridgehead atoms. The Morgan fingerprint density at radius 2 is 1.12 bits per heavy atom. The Morgan fingerprint density at radius 1 is 0.667 bits per heavy atom. The fourth-order valence-electron chi connectivity index (χ4n) is 3.41. The van der Waals surface area contributed by atoms with Crippen molar-refractivity contribution in [3.05, 3.63) is 95.6 Å². The quantitative estimate of drug-likeness (QED) is 0.389. The highest BCUT2D eigenvalue weighted by Crippen LogP contribution is 2.32. The first-order chi connectivity index (χ1) is 15.9. The summed E-state index contributed by atoms with van der Waals surface area (Å²) in [6.45, 7) is 2.00. The molecular formula is C27H20N2O4. The summed E-state index contributed by atoms with van der Waals surface area (Å²) in [6, 6.07) is 20.8. The number of rotatable bonds is 6. The molecule has 162 valence electrons. The largest absolute Gasteiger partial charge is 0.478 e. The molecule has 0 fully saturated rings. The number of aliphatic carboxylic acids is 2. The molecule has 0 saturated carbocycles. The molecule has 3 aromatic carbocycles. The Labute approximate surface area is 190 Å². The molecule has 0 radical (unpaired) electrons. The van der Waals surface area contributed by atoms with Crippen LogP contribution < -0.4 is 0 Å². The maximum absolute atomic E-state index is 10.8. The van der Waals surface area contributed by atoms with Gasteiger partial charge in [-0.15, -0.1) is 0 Å². The molecule has 0 aliphatic rings. The van der Waals surface area contributed by atoms with Crippen molar-refractivity contribution in [3.63, 3.8) is 0 Å². The highest BCUT2D eigenvalue weighted by molar-refractivity contribution is 5.88. The predicted octanol–water partition coefficient (Wildman–Crippen LogP) is 5.47. The zero-order valence-corrected chi connectivity index (χ0v) is 17.8. The highest BCUT2D eigenvalue weighted by atomic mass is 16.4. The van der Waals surface area contributed by atoms with Gasteiger partial charge in [0.1, 0.15) is 0 Å². The third kappa shape index (κ3) is 5.19. The summed E-state index contributed by atoms with van der Waals surface area (Å²) in [5.74, 6) is -2.00. The Bertz CT molecular complexity index is 1400. The fourth-order valence-corrected chi connectivity index (χ4v) is 3.41. The van der Waals surface area contributed by atoms with Crippen molar-refractivity contribution in [2.75, 3.05) is 0 Å². The maximum Gasteiger partial charge on any atom is 0.328 e. The van der Waals surface area contributed by atoms with Crippen LogP contribution in [0.2, 0.25) is 0 Å². The molecule has 1 aromatic heterocycles. The molecule has 0 atom stereocenters. The second kappa shape index (κ2) is 9.28. The standard InChI is InChI=1S/C27H20N2O4/c1-17-2-13-22-23(16-17)29-27(21-11-5-19(6-12-21)8-15-25(32)33)26(28-22)20-9-3-18(4-10-20)7-14-24(30)31/h2-16H,1H3,(H,30,31)(H,32,33). The van der Waals surface area contributed by atoms with Crippen LogP contribution in [0.15, 0.2) is 78.9 Å². The first-order valence-corrected chi connectivity index (χ1v) is 10.2. The zero-order valence-electron chi connectivity index (χ0n) is 17.8. The predicted molar refractivity (Wildman–Crippen MR) is 128 cm³/mol. The minimum Gasteiger partial charge on any atom is -0.478 e. The van der Waals surface area contributed by atoms with Gasteiger partial charge in [0.15, 0.2) is 0 Å². The Balaban J connectivity index is 1.81. The number of carboxylic acid groups (broad SMARTS) is 2. The zero-order chi connectivity index (χ0) is 23.4. The van der Waals surface area contributed by atoms with E-state index in [2.05, 4.69) is 0 Å². The fraction of sp³-hybridized carbons (Fsp3) is 0.0370. The van der Waals surface area contributed by atoms with Crippen LogP contribution in [0.25, 0.3) is 45.7 Å². The molecule has 0 aliphatic carbocycles. The van der Waals surface area contributed by atoms with Crippen molar-refractivity contribution in [3.8, 4) is 22.5 Å². The normalized spacial score (nSPS) is 11.4. The van der Waals surface area contributed by atoms with Crippen LogP contribution in [0.3, 0.4) is 0 Å². The summed E-state index contributed by atoms with van der Waals surface area (Å²) in [4.78, 5) is 31.3. The van der Waals surface area contributed by atoms with Crippen LogP contribution in [0.4, 0.5) is 0 Å². The molecular weight excluding hydrogens is 416 g/mol. The molecule has 0 spiro atoms. The van der Waals surface area contributed by atoms with Crippen LogP contribution in [0.5, 0.6) is 0 Å².